The second kappa shape index (κ2) is 9.17. The summed E-state index contributed by atoms with van der Waals surface area (Å²) in [6, 6.07) is 11.2. The zero-order chi connectivity index (χ0) is 22.5. The van der Waals surface area contributed by atoms with E-state index in [9.17, 15) is 24.5 Å². The number of aromatic carboxylic acids is 1. The number of anilines is 1. The summed E-state index contributed by atoms with van der Waals surface area (Å²) < 4.78 is 0. The van der Waals surface area contributed by atoms with Crippen LogP contribution in [0.3, 0.4) is 0 Å². The van der Waals surface area contributed by atoms with Crippen molar-refractivity contribution in [1.82, 2.24) is 0 Å². The van der Waals surface area contributed by atoms with Gasteiger partial charge in [-0.05, 0) is 18.2 Å². The molecule has 1 aliphatic heterocycles. The molecular formula is C19H15N5O6S. The normalized spacial score (nSPS) is 16.8. The van der Waals surface area contributed by atoms with Crippen LogP contribution in [-0.4, -0.2) is 44.4 Å². The minimum atomic E-state index is -1.18. The van der Waals surface area contributed by atoms with Crippen LogP contribution in [0, 0.1) is 10.1 Å². The highest BCUT2D eigenvalue weighted by Gasteiger charge is 2.40. The number of imide groups is 1. The number of nitro benzene ring substituents is 1. The topological polar surface area (TPSA) is 169 Å². The number of amides is 2. The first-order valence-corrected chi connectivity index (χ1v) is 9.62. The maximum Gasteiger partial charge on any atom is 0.335 e. The molecule has 2 amide bonds. The average molecular weight is 441 g/mol. The van der Waals surface area contributed by atoms with Crippen molar-refractivity contribution >= 4 is 52.3 Å². The van der Waals surface area contributed by atoms with E-state index in [1.165, 1.54) is 48.7 Å². The third-order valence-electron chi connectivity index (χ3n) is 4.16. The maximum absolute atomic E-state index is 12.7. The Bertz CT molecular complexity index is 1130. The summed E-state index contributed by atoms with van der Waals surface area (Å²) in [5.74, 6) is -2.21. The Labute approximate surface area is 179 Å². The second-order valence-corrected chi connectivity index (χ2v) is 7.49. The van der Waals surface area contributed by atoms with E-state index in [4.69, 9.17) is 10.8 Å². The number of rotatable bonds is 6. The molecule has 1 fully saturated rings. The number of benzene rings is 2. The summed E-state index contributed by atoms with van der Waals surface area (Å²) in [6.45, 7) is 0. The van der Waals surface area contributed by atoms with Gasteiger partial charge < -0.3 is 10.8 Å². The Hall–Kier alpha value is -4.06. The van der Waals surface area contributed by atoms with Crippen molar-refractivity contribution < 1.29 is 24.4 Å². The lowest BCUT2D eigenvalue weighted by atomic mass is 10.2. The fraction of sp³-hybridized carbons (Fsp3) is 0.105. The molecule has 1 heterocycles. The van der Waals surface area contributed by atoms with Crippen molar-refractivity contribution in [1.29, 1.82) is 0 Å². The smallest absolute Gasteiger partial charge is 0.335 e. The van der Waals surface area contributed by atoms with Gasteiger partial charge in [0.25, 0.3) is 5.69 Å². The van der Waals surface area contributed by atoms with Gasteiger partial charge in [0.2, 0.25) is 11.8 Å². The van der Waals surface area contributed by atoms with Gasteiger partial charge >= 0.3 is 5.97 Å². The summed E-state index contributed by atoms with van der Waals surface area (Å²) in [4.78, 5) is 47.3. The number of non-ortho nitro benzene ring substituents is 1. The predicted octanol–water partition coefficient (Wildman–Crippen LogP) is 2.01. The Balaban J connectivity index is 1.69. The number of thioether (sulfide) groups is 1. The van der Waals surface area contributed by atoms with Gasteiger partial charge in [-0.2, -0.15) is 5.10 Å². The highest BCUT2D eigenvalue weighted by molar-refractivity contribution is 8.14. The van der Waals surface area contributed by atoms with Gasteiger partial charge in [0.1, 0.15) is 5.25 Å². The summed E-state index contributed by atoms with van der Waals surface area (Å²) in [5, 5.41) is 26.5. The number of carbonyl (C=O) groups excluding carboxylic acids is 2. The zero-order valence-corrected chi connectivity index (χ0v) is 16.6. The van der Waals surface area contributed by atoms with E-state index in [-0.39, 0.29) is 28.5 Å². The molecule has 1 atom stereocenters. The van der Waals surface area contributed by atoms with Gasteiger partial charge in [0, 0.05) is 24.1 Å². The molecule has 0 bridgehead atoms. The van der Waals surface area contributed by atoms with Gasteiger partial charge in [0.15, 0.2) is 5.17 Å². The third-order valence-corrected chi connectivity index (χ3v) is 5.14. The van der Waals surface area contributed by atoms with Crippen LogP contribution in [0.2, 0.25) is 0 Å². The Morgan fingerprint density at radius 1 is 1.26 bits per heavy atom. The van der Waals surface area contributed by atoms with Crippen LogP contribution in [0.5, 0.6) is 0 Å². The number of carboxylic acids is 1. The number of carbonyl (C=O) groups is 3. The molecule has 2 aromatic rings. The molecular weight excluding hydrogens is 426 g/mol. The van der Waals surface area contributed by atoms with Crippen LogP contribution in [-0.2, 0) is 9.59 Å². The largest absolute Gasteiger partial charge is 0.478 e. The fourth-order valence-electron chi connectivity index (χ4n) is 2.79. The molecule has 31 heavy (non-hydrogen) atoms. The average Bonchev–Trinajstić information content (AvgIpc) is 3.01. The quantitative estimate of drug-likeness (QED) is 0.225. The van der Waals surface area contributed by atoms with Gasteiger partial charge in [-0.1, -0.05) is 30.0 Å². The predicted molar refractivity (Wildman–Crippen MR) is 114 cm³/mol. The van der Waals surface area contributed by atoms with Crippen molar-refractivity contribution in [3.63, 3.8) is 0 Å². The Morgan fingerprint density at radius 2 is 2.00 bits per heavy atom. The monoisotopic (exact) mass is 441 g/mol. The first-order chi connectivity index (χ1) is 14.8. The molecule has 1 saturated heterocycles. The van der Waals surface area contributed by atoms with E-state index in [0.717, 1.165) is 16.7 Å². The van der Waals surface area contributed by atoms with E-state index in [2.05, 4.69) is 10.2 Å². The highest BCUT2D eigenvalue weighted by atomic mass is 32.2. The third kappa shape index (κ3) is 5.11. The van der Waals surface area contributed by atoms with Gasteiger partial charge in [0.05, 0.1) is 22.4 Å². The lowest BCUT2D eigenvalue weighted by Gasteiger charge is -2.15. The number of amidine groups is 1. The van der Waals surface area contributed by atoms with Crippen LogP contribution < -0.4 is 10.6 Å². The molecule has 0 radical (unpaired) electrons. The van der Waals surface area contributed by atoms with Crippen LogP contribution >= 0.6 is 11.8 Å². The highest BCUT2D eigenvalue weighted by Crippen LogP contribution is 2.30. The minimum absolute atomic E-state index is 0.0502. The first-order valence-electron chi connectivity index (χ1n) is 8.74. The Morgan fingerprint density at radius 3 is 2.71 bits per heavy atom. The molecule has 0 saturated carbocycles. The molecule has 0 aliphatic carbocycles. The van der Waals surface area contributed by atoms with Crippen molar-refractivity contribution in [3.05, 3.63) is 69.8 Å². The molecule has 2 aromatic carbocycles. The lowest BCUT2D eigenvalue weighted by Crippen LogP contribution is -2.32. The molecule has 12 heteroatoms. The Kier molecular flexibility index (Phi) is 6.40. The van der Waals surface area contributed by atoms with E-state index < -0.39 is 28.0 Å². The fourth-order valence-corrected chi connectivity index (χ4v) is 3.60. The number of nitro groups is 1. The van der Waals surface area contributed by atoms with E-state index in [1.807, 2.05) is 0 Å². The number of hydrogen-bond donors (Lipinski definition) is 2. The van der Waals surface area contributed by atoms with Crippen molar-refractivity contribution in [2.75, 3.05) is 4.90 Å². The lowest BCUT2D eigenvalue weighted by molar-refractivity contribution is -0.384. The summed E-state index contributed by atoms with van der Waals surface area (Å²) in [6.07, 6.45) is 1.14. The van der Waals surface area contributed by atoms with Crippen LogP contribution in [0.25, 0.3) is 0 Å². The summed E-state index contributed by atoms with van der Waals surface area (Å²) in [5.41, 5.74) is 6.23. The van der Waals surface area contributed by atoms with Crippen molar-refractivity contribution in [3.8, 4) is 0 Å². The molecule has 11 nitrogen and oxygen atoms in total. The standard InChI is InChI=1S/C19H15N5O6S/c20-19(22-21-10-11-3-1-6-14(7-11)24(29)30)31-15-9-16(25)23(17(15)26)13-5-2-4-12(8-13)18(27)28/h1-8,10,15H,9H2,(H2,20,22)(H,27,28)/b21-10-. The molecule has 158 valence electrons. The van der Waals surface area contributed by atoms with E-state index in [1.54, 1.807) is 6.07 Å². The summed E-state index contributed by atoms with van der Waals surface area (Å²) in [7, 11) is 0. The van der Waals surface area contributed by atoms with Crippen LogP contribution in [0.4, 0.5) is 11.4 Å². The number of nitrogens with zero attached hydrogens (tertiary/aromatic N) is 4. The minimum Gasteiger partial charge on any atom is -0.478 e. The maximum atomic E-state index is 12.7. The molecule has 1 unspecified atom stereocenters. The molecule has 0 spiro atoms. The molecule has 3 rings (SSSR count). The first kappa shape index (κ1) is 21.6. The number of hydrogen-bond acceptors (Lipinski definition) is 8. The second-order valence-electron chi connectivity index (χ2n) is 6.27. The summed E-state index contributed by atoms with van der Waals surface area (Å²) >= 11 is 0.849. The van der Waals surface area contributed by atoms with E-state index >= 15 is 0 Å². The molecule has 3 N–H and O–H groups in total. The van der Waals surface area contributed by atoms with E-state index in [0.29, 0.717) is 5.56 Å². The zero-order valence-electron chi connectivity index (χ0n) is 15.7. The van der Waals surface area contributed by atoms with Crippen molar-refractivity contribution in [2.24, 2.45) is 15.9 Å². The number of nitrogens with two attached hydrogens (primary N) is 1. The van der Waals surface area contributed by atoms with Crippen LogP contribution in [0.15, 0.2) is 58.7 Å². The van der Waals surface area contributed by atoms with Gasteiger partial charge in [-0.15, -0.1) is 5.10 Å². The molecule has 1 aliphatic rings. The molecule has 0 aromatic heterocycles. The van der Waals surface area contributed by atoms with Gasteiger partial charge in [-0.3, -0.25) is 19.7 Å². The van der Waals surface area contributed by atoms with Crippen LogP contribution in [0.1, 0.15) is 22.3 Å². The van der Waals surface area contributed by atoms with Crippen molar-refractivity contribution in [2.45, 2.75) is 11.7 Å². The SMILES string of the molecule is N/C(=N\N=C/c1cccc([N+](=O)[O-])c1)SC1CC(=O)N(c2cccc(C(=O)O)c2)C1=O. The van der Waals surface area contributed by atoms with Gasteiger partial charge in [-0.25, -0.2) is 9.69 Å². The number of carboxylic acid groups (broad SMARTS) is 1.